The highest BCUT2D eigenvalue weighted by Gasteiger charge is 2.55. The standard InChI is InChI=1S/C25H34N4O6/c1-26-19-10-17(34-3)4-5-18(19)23-24(26)20(12-30)29(21(31)11-27-6-8-35-9-7-27)16-25(23)14-28(15-25)22(32)13-33-2/h4-5,10,20,30H,6-9,11-16H2,1-3H3/t20-/m1/s1. The highest BCUT2D eigenvalue weighted by molar-refractivity contribution is 5.91. The molecule has 10 nitrogen and oxygen atoms in total. The van der Waals surface area contributed by atoms with Crippen LogP contribution in [-0.4, -0.2) is 116 Å². The van der Waals surface area contributed by atoms with Gasteiger partial charge in [0.1, 0.15) is 12.4 Å². The van der Waals surface area contributed by atoms with E-state index in [9.17, 15) is 14.7 Å². The molecule has 2 fully saturated rings. The van der Waals surface area contributed by atoms with Crippen LogP contribution in [0.5, 0.6) is 5.75 Å². The van der Waals surface area contributed by atoms with E-state index in [1.807, 2.05) is 30.1 Å². The van der Waals surface area contributed by atoms with Gasteiger partial charge in [-0.15, -0.1) is 0 Å². The zero-order chi connectivity index (χ0) is 24.7. The van der Waals surface area contributed by atoms with Crippen LogP contribution in [0.1, 0.15) is 17.3 Å². The number of amides is 2. The number of hydrogen-bond acceptors (Lipinski definition) is 7. The number of methoxy groups -OCH3 is 2. The molecule has 4 heterocycles. The maximum absolute atomic E-state index is 13.6. The van der Waals surface area contributed by atoms with Crippen LogP contribution >= 0.6 is 0 Å². The number of aromatic nitrogens is 1. The van der Waals surface area contributed by atoms with Gasteiger partial charge >= 0.3 is 0 Å². The topological polar surface area (TPSA) is 96.7 Å². The Kier molecular flexibility index (Phi) is 6.47. The van der Waals surface area contributed by atoms with Crippen LogP contribution in [0.25, 0.3) is 10.9 Å². The molecule has 2 saturated heterocycles. The zero-order valence-corrected chi connectivity index (χ0v) is 20.7. The first-order chi connectivity index (χ1) is 16.9. The van der Waals surface area contributed by atoms with Crippen molar-refractivity contribution in [1.82, 2.24) is 19.3 Å². The lowest BCUT2D eigenvalue weighted by Gasteiger charge is -2.56. The second kappa shape index (κ2) is 9.42. The number of fused-ring (bicyclic) bond motifs is 4. The molecule has 35 heavy (non-hydrogen) atoms. The Labute approximate surface area is 204 Å². The van der Waals surface area contributed by atoms with Gasteiger partial charge in [-0.2, -0.15) is 0 Å². The Morgan fingerprint density at radius 2 is 1.89 bits per heavy atom. The number of benzene rings is 1. The number of ether oxygens (including phenoxy) is 3. The monoisotopic (exact) mass is 486 g/mol. The van der Waals surface area contributed by atoms with Crippen molar-refractivity contribution in [3.8, 4) is 5.75 Å². The summed E-state index contributed by atoms with van der Waals surface area (Å²) in [4.78, 5) is 31.9. The molecule has 0 saturated carbocycles. The van der Waals surface area contributed by atoms with Gasteiger partial charge < -0.3 is 33.7 Å². The molecule has 10 heteroatoms. The molecule has 0 bridgehead atoms. The van der Waals surface area contributed by atoms with Gasteiger partial charge in [0.25, 0.3) is 0 Å². The van der Waals surface area contributed by atoms with Crippen LogP contribution in [0, 0.1) is 0 Å². The summed E-state index contributed by atoms with van der Waals surface area (Å²) >= 11 is 0. The Morgan fingerprint density at radius 1 is 1.14 bits per heavy atom. The first-order valence-electron chi connectivity index (χ1n) is 12.1. The molecule has 1 aromatic heterocycles. The number of hydrogen-bond donors (Lipinski definition) is 1. The van der Waals surface area contributed by atoms with Gasteiger partial charge in [0.2, 0.25) is 11.8 Å². The normalized spacial score (nSPS) is 21.8. The molecule has 1 aromatic carbocycles. The van der Waals surface area contributed by atoms with E-state index in [-0.39, 0.29) is 31.6 Å². The number of carbonyl (C=O) groups is 2. The van der Waals surface area contributed by atoms with Gasteiger partial charge in [-0.25, -0.2) is 0 Å². The number of carbonyl (C=O) groups excluding carboxylic acids is 2. The highest BCUT2D eigenvalue weighted by Crippen LogP contribution is 2.49. The Morgan fingerprint density at radius 3 is 2.54 bits per heavy atom. The van der Waals surface area contributed by atoms with Gasteiger partial charge in [-0.1, -0.05) is 0 Å². The summed E-state index contributed by atoms with van der Waals surface area (Å²) in [6.07, 6.45) is 0. The van der Waals surface area contributed by atoms with Crippen molar-refractivity contribution < 1.29 is 28.9 Å². The lowest BCUT2D eigenvalue weighted by molar-refractivity contribution is -0.148. The third kappa shape index (κ3) is 3.98. The molecule has 3 aliphatic heterocycles. The van der Waals surface area contributed by atoms with E-state index in [0.717, 1.165) is 27.9 Å². The van der Waals surface area contributed by atoms with E-state index in [1.165, 1.54) is 7.11 Å². The van der Waals surface area contributed by atoms with Crippen LogP contribution in [0.2, 0.25) is 0 Å². The van der Waals surface area contributed by atoms with Crippen molar-refractivity contribution >= 4 is 22.7 Å². The largest absolute Gasteiger partial charge is 0.497 e. The molecule has 1 spiro atoms. The molecule has 0 aliphatic carbocycles. The minimum atomic E-state index is -0.462. The number of morpholine rings is 1. The summed E-state index contributed by atoms with van der Waals surface area (Å²) in [7, 11) is 5.13. The fraction of sp³-hybridized carbons (Fsp3) is 0.600. The van der Waals surface area contributed by atoms with Gasteiger partial charge in [-0.3, -0.25) is 14.5 Å². The molecular formula is C25H34N4O6. The zero-order valence-electron chi connectivity index (χ0n) is 20.7. The second-order valence-electron chi connectivity index (χ2n) is 9.77. The average molecular weight is 487 g/mol. The van der Waals surface area contributed by atoms with Crippen molar-refractivity contribution in [1.29, 1.82) is 0 Å². The molecule has 1 N–H and O–H groups in total. The Hall–Kier alpha value is -2.66. The number of rotatable bonds is 6. The predicted octanol–water partition coefficient (Wildman–Crippen LogP) is 0.121. The predicted molar refractivity (Wildman–Crippen MR) is 128 cm³/mol. The first-order valence-corrected chi connectivity index (χ1v) is 12.1. The minimum Gasteiger partial charge on any atom is -0.497 e. The smallest absolute Gasteiger partial charge is 0.248 e. The molecule has 2 aromatic rings. The minimum absolute atomic E-state index is 0.0134. The van der Waals surface area contributed by atoms with Crippen LogP contribution in [0.3, 0.4) is 0 Å². The van der Waals surface area contributed by atoms with Crippen LogP contribution in [-0.2, 0) is 31.5 Å². The van der Waals surface area contributed by atoms with E-state index in [2.05, 4.69) is 9.47 Å². The van der Waals surface area contributed by atoms with Crippen molar-refractivity contribution in [3.05, 3.63) is 29.5 Å². The quantitative estimate of drug-likeness (QED) is 0.620. The van der Waals surface area contributed by atoms with Gasteiger partial charge in [0.05, 0.1) is 50.4 Å². The van der Waals surface area contributed by atoms with Crippen molar-refractivity contribution in [2.75, 3.05) is 79.9 Å². The molecule has 190 valence electrons. The molecule has 2 amide bonds. The summed E-state index contributed by atoms with van der Waals surface area (Å²) in [5.41, 5.74) is 2.63. The summed E-state index contributed by atoms with van der Waals surface area (Å²) in [6.45, 7) is 4.28. The molecule has 3 aliphatic rings. The van der Waals surface area contributed by atoms with E-state index < -0.39 is 11.5 Å². The number of aliphatic hydroxyl groups excluding tert-OH is 1. The average Bonchev–Trinajstić information content (AvgIpc) is 3.14. The van der Waals surface area contributed by atoms with Gasteiger partial charge in [-0.05, 0) is 17.7 Å². The summed E-state index contributed by atoms with van der Waals surface area (Å²) in [5, 5.41) is 11.6. The molecule has 0 unspecified atom stereocenters. The highest BCUT2D eigenvalue weighted by atomic mass is 16.5. The van der Waals surface area contributed by atoms with Crippen LogP contribution in [0.15, 0.2) is 18.2 Å². The molecule has 5 rings (SSSR count). The maximum Gasteiger partial charge on any atom is 0.248 e. The fourth-order valence-electron chi connectivity index (χ4n) is 6.00. The first kappa shape index (κ1) is 24.1. The number of aliphatic hydroxyl groups is 1. The summed E-state index contributed by atoms with van der Waals surface area (Å²) in [5.74, 6) is 0.674. The van der Waals surface area contributed by atoms with Crippen molar-refractivity contribution in [2.45, 2.75) is 11.5 Å². The number of aryl methyl sites for hydroxylation is 1. The van der Waals surface area contributed by atoms with E-state index in [1.54, 1.807) is 12.0 Å². The van der Waals surface area contributed by atoms with Crippen LogP contribution in [0.4, 0.5) is 0 Å². The summed E-state index contributed by atoms with van der Waals surface area (Å²) < 4.78 is 18.0. The molecule has 0 radical (unpaired) electrons. The SMILES string of the molecule is COCC(=O)N1CC2(C1)CN(C(=O)CN1CCOCC1)[C@H](CO)c1c2c2ccc(OC)cc2n1C. The van der Waals surface area contributed by atoms with E-state index in [4.69, 9.17) is 14.2 Å². The molecule has 1 atom stereocenters. The lowest BCUT2D eigenvalue weighted by Crippen LogP contribution is -2.69. The van der Waals surface area contributed by atoms with Crippen LogP contribution < -0.4 is 4.74 Å². The van der Waals surface area contributed by atoms with Gasteiger partial charge in [0.15, 0.2) is 0 Å². The van der Waals surface area contributed by atoms with E-state index >= 15 is 0 Å². The van der Waals surface area contributed by atoms with Crippen molar-refractivity contribution in [3.63, 3.8) is 0 Å². The maximum atomic E-state index is 13.6. The van der Waals surface area contributed by atoms with Gasteiger partial charge in [0, 0.05) is 64.0 Å². The Bertz CT molecular complexity index is 1120. The third-order valence-electron chi connectivity index (χ3n) is 7.71. The number of likely N-dealkylation sites (tertiary alicyclic amines) is 1. The molecular weight excluding hydrogens is 452 g/mol. The van der Waals surface area contributed by atoms with E-state index in [0.29, 0.717) is 45.9 Å². The summed E-state index contributed by atoms with van der Waals surface area (Å²) in [6, 6.07) is 5.51. The number of nitrogens with zero attached hydrogens (tertiary/aromatic N) is 4. The second-order valence-corrected chi connectivity index (χ2v) is 9.77. The fourth-order valence-corrected chi connectivity index (χ4v) is 6.00. The van der Waals surface area contributed by atoms with Crippen molar-refractivity contribution in [2.24, 2.45) is 7.05 Å². The third-order valence-corrected chi connectivity index (χ3v) is 7.71. The Balaban J connectivity index is 1.56. The lowest BCUT2D eigenvalue weighted by atomic mass is 9.68.